The molecule has 2 unspecified atom stereocenters. The number of hydrogen-bond donors (Lipinski definition) is 3. The van der Waals surface area contributed by atoms with Crippen molar-refractivity contribution in [2.75, 3.05) is 13.2 Å². The monoisotopic (exact) mass is 1070 g/mol. The Balaban J connectivity index is 3.41. The van der Waals surface area contributed by atoms with Crippen LogP contribution in [0.4, 0.5) is 0 Å². The largest absolute Gasteiger partial charge is 0.466 e. The van der Waals surface area contributed by atoms with Crippen LogP contribution in [0.25, 0.3) is 0 Å². The van der Waals surface area contributed by atoms with Gasteiger partial charge in [0.25, 0.3) is 0 Å². The fourth-order valence-electron chi connectivity index (χ4n) is 10.9. The van der Waals surface area contributed by atoms with Crippen molar-refractivity contribution in [1.82, 2.24) is 5.32 Å². The molecular weight excluding hydrogens is 935 g/mol. The zero-order valence-corrected chi connectivity index (χ0v) is 51.5. The first-order valence-electron chi connectivity index (χ1n) is 34.6. The molecule has 0 saturated heterocycles. The minimum atomic E-state index is -0.668. The van der Waals surface area contributed by atoms with Gasteiger partial charge in [-0.3, -0.25) is 9.59 Å². The molecule has 0 aromatic heterocycles. The Morgan fingerprint density at radius 3 is 0.974 bits per heavy atom. The average molecular weight is 1070 g/mol. The molecule has 0 aromatic rings. The van der Waals surface area contributed by atoms with Gasteiger partial charge in [0.05, 0.1) is 25.4 Å². The molecule has 0 aliphatic heterocycles. The van der Waals surface area contributed by atoms with E-state index in [0.717, 1.165) is 44.9 Å². The van der Waals surface area contributed by atoms with Crippen molar-refractivity contribution in [2.45, 2.75) is 398 Å². The van der Waals surface area contributed by atoms with Crippen LogP contribution in [0.3, 0.4) is 0 Å². The summed E-state index contributed by atoms with van der Waals surface area (Å²) in [7, 11) is 0. The van der Waals surface area contributed by atoms with Gasteiger partial charge < -0.3 is 20.3 Å². The highest BCUT2D eigenvalue weighted by Crippen LogP contribution is 2.19. The van der Waals surface area contributed by atoms with Gasteiger partial charge in [0, 0.05) is 12.8 Å². The third-order valence-corrected chi connectivity index (χ3v) is 16.2. The molecule has 0 aromatic carbocycles. The highest BCUT2D eigenvalue weighted by atomic mass is 16.5. The summed E-state index contributed by atoms with van der Waals surface area (Å²) < 4.78 is 5.46. The van der Waals surface area contributed by atoms with Gasteiger partial charge in [-0.2, -0.15) is 0 Å². The molecule has 0 aliphatic carbocycles. The van der Waals surface area contributed by atoms with E-state index in [1.54, 1.807) is 0 Å². The molecule has 6 heteroatoms. The molecule has 3 N–H and O–H groups in total. The van der Waals surface area contributed by atoms with Gasteiger partial charge in [-0.25, -0.2) is 0 Å². The van der Waals surface area contributed by atoms with Gasteiger partial charge >= 0.3 is 5.97 Å². The summed E-state index contributed by atoms with van der Waals surface area (Å²) in [5.74, 6) is -0.0329. The standard InChI is InChI=1S/C70H135NO5/c1-3-5-7-9-11-13-15-16-17-18-19-20-21-24-27-30-33-36-39-43-46-50-54-58-62-68(73)67(66-72)71-69(74)63-59-55-51-47-44-40-37-34-31-28-25-22-23-26-29-32-35-38-41-45-49-53-57-61-65-76-70(75)64-60-56-52-48-42-14-12-10-8-6-4-2/h10,12,25,28,67-68,72-73H,3-9,11,13-24,26-27,29-66H2,1-2H3,(H,71,74)/b12-10-,28-25-. The Morgan fingerprint density at radius 1 is 0.355 bits per heavy atom. The maximum absolute atomic E-state index is 12.5. The Labute approximate surface area is 475 Å². The summed E-state index contributed by atoms with van der Waals surface area (Å²) in [5.41, 5.74) is 0. The van der Waals surface area contributed by atoms with E-state index in [1.807, 2.05) is 0 Å². The first-order valence-corrected chi connectivity index (χ1v) is 34.6. The normalized spacial score (nSPS) is 12.6. The van der Waals surface area contributed by atoms with Crippen LogP contribution in [-0.2, 0) is 14.3 Å². The quantitative estimate of drug-likeness (QED) is 0.0320. The summed E-state index contributed by atoms with van der Waals surface area (Å²) in [6.45, 7) is 4.94. The minimum Gasteiger partial charge on any atom is -0.466 e. The Hall–Kier alpha value is -1.66. The zero-order chi connectivity index (χ0) is 55.0. The van der Waals surface area contributed by atoms with E-state index in [2.05, 4.69) is 43.5 Å². The van der Waals surface area contributed by atoms with E-state index in [4.69, 9.17) is 4.74 Å². The molecule has 76 heavy (non-hydrogen) atoms. The second kappa shape index (κ2) is 65.9. The van der Waals surface area contributed by atoms with E-state index in [1.165, 1.54) is 308 Å². The summed E-state index contributed by atoms with van der Waals surface area (Å²) >= 11 is 0. The van der Waals surface area contributed by atoms with Crippen molar-refractivity contribution < 1.29 is 24.5 Å². The molecule has 6 nitrogen and oxygen atoms in total. The molecule has 1 amide bonds. The SMILES string of the molecule is CCCC/C=C\CCCCCCCC(=O)OCCCCCCCCCCCCCC/C=C\CCCCCCCCCCC(=O)NC(CO)C(O)CCCCCCCCCCCCCCCCCCCCCCCCCC. The third-order valence-electron chi connectivity index (χ3n) is 16.2. The van der Waals surface area contributed by atoms with Gasteiger partial charge in [-0.05, 0) is 70.6 Å². The van der Waals surface area contributed by atoms with Gasteiger partial charge in [0.1, 0.15) is 0 Å². The van der Waals surface area contributed by atoms with Crippen LogP contribution in [-0.4, -0.2) is 47.4 Å². The smallest absolute Gasteiger partial charge is 0.305 e. The van der Waals surface area contributed by atoms with Crippen molar-refractivity contribution >= 4 is 11.9 Å². The number of aliphatic hydroxyl groups is 2. The number of unbranched alkanes of at least 4 members (excludes halogenated alkanes) is 50. The second-order valence-electron chi connectivity index (χ2n) is 23.9. The maximum Gasteiger partial charge on any atom is 0.305 e. The van der Waals surface area contributed by atoms with Crippen LogP contribution in [0.1, 0.15) is 386 Å². The van der Waals surface area contributed by atoms with Crippen molar-refractivity contribution in [1.29, 1.82) is 0 Å². The molecular formula is C70H135NO5. The van der Waals surface area contributed by atoms with Crippen molar-refractivity contribution in [2.24, 2.45) is 0 Å². The predicted molar refractivity (Wildman–Crippen MR) is 333 cm³/mol. The summed E-state index contributed by atoms with van der Waals surface area (Å²) in [6.07, 6.45) is 82.2. The maximum atomic E-state index is 12.5. The van der Waals surface area contributed by atoms with E-state index >= 15 is 0 Å². The summed E-state index contributed by atoms with van der Waals surface area (Å²) in [4.78, 5) is 24.5. The number of allylic oxidation sites excluding steroid dienone is 4. The number of carbonyl (C=O) groups is 2. The van der Waals surface area contributed by atoms with Gasteiger partial charge in [-0.15, -0.1) is 0 Å². The van der Waals surface area contributed by atoms with Crippen molar-refractivity contribution in [3.05, 3.63) is 24.3 Å². The van der Waals surface area contributed by atoms with E-state index in [-0.39, 0.29) is 18.5 Å². The molecule has 0 heterocycles. The highest BCUT2D eigenvalue weighted by molar-refractivity contribution is 5.76. The number of aliphatic hydroxyl groups excluding tert-OH is 2. The predicted octanol–water partition coefficient (Wildman–Crippen LogP) is 22.1. The van der Waals surface area contributed by atoms with Crippen LogP contribution < -0.4 is 5.32 Å². The Morgan fingerprint density at radius 2 is 0.632 bits per heavy atom. The van der Waals surface area contributed by atoms with Crippen LogP contribution in [0.15, 0.2) is 24.3 Å². The van der Waals surface area contributed by atoms with Crippen LogP contribution in [0.5, 0.6) is 0 Å². The Kier molecular flexibility index (Phi) is 64.4. The minimum absolute atomic E-state index is 0.00213. The van der Waals surface area contributed by atoms with Crippen LogP contribution in [0.2, 0.25) is 0 Å². The number of ether oxygens (including phenoxy) is 1. The first kappa shape index (κ1) is 74.3. The number of hydrogen-bond acceptors (Lipinski definition) is 5. The van der Waals surface area contributed by atoms with Gasteiger partial charge in [-0.1, -0.05) is 327 Å². The average Bonchev–Trinajstić information content (AvgIpc) is 3.42. The number of carbonyl (C=O) groups excluding carboxylic acids is 2. The van der Waals surface area contributed by atoms with Crippen LogP contribution >= 0.6 is 0 Å². The first-order chi connectivity index (χ1) is 37.5. The fourth-order valence-corrected chi connectivity index (χ4v) is 10.9. The topological polar surface area (TPSA) is 95.9 Å². The second-order valence-corrected chi connectivity index (χ2v) is 23.9. The number of rotatable bonds is 65. The molecule has 0 radical (unpaired) electrons. The molecule has 0 aliphatic rings. The van der Waals surface area contributed by atoms with Gasteiger partial charge in [0.15, 0.2) is 0 Å². The van der Waals surface area contributed by atoms with Gasteiger partial charge in [0.2, 0.25) is 5.91 Å². The van der Waals surface area contributed by atoms with E-state index in [0.29, 0.717) is 25.9 Å². The lowest BCUT2D eigenvalue weighted by molar-refractivity contribution is -0.143. The lowest BCUT2D eigenvalue weighted by Crippen LogP contribution is -2.45. The lowest BCUT2D eigenvalue weighted by Gasteiger charge is -2.22. The number of nitrogens with one attached hydrogen (secondary N) is 1. The molecule has 0 rings (SSSR count). The lowest BCUT2D eigenvalue weighted by atomic mass is 10.0. The van der Waals surface area contributed by atoms with Crippen LogP contribution in [0, 0.1) is 0 Å². The third kappa shape index (κ3) is 61.6. The van der Waals surface area contributed by atoms with Crippen molar-refractivity contribution in [3.8, 4) is 0 Å². The highest BCUT2D eigenvalue weighted by Gasteiger charge is 2.20. The van der Waals surface area contributed by atoms with E-state index in [9.17, 15) is 19.8 Å². The van der Waals surface area contributed by atoms with Crippen molar-refractivity contribution in [3.63, 3.8) is 0 Å². The summed E-state index contributed by atoms with van der Waals surface area (Å²) in [5, 5.41) is 23.4. The molecule has 2 atom stereocenters. The molecule has 0 bridgehead atoms. The number of esters is 1. The molecule has 0 saturated carbocycles. The molecule has 0 fully saturated rings. The van der Waals surface area contributed by atoms with E-state index < -0.39 is 12.1 Å². The summed E-state index contributed by atoms with van der Waals surface area (Å²) in [6, 6.07) is -0.546. The zero-order valence-electron chi connectivity index (χ0n) is 51.5. The molecule has 450 valence electrons. The molecule has 0 spiro atoms. The fraction of sp³-hybridized carbons (Fsp3) is 0.914. The Bertz CT molecular complexity index is 1190. The number of amides is 1.